The minimum atomic E-state index is -0.495. The molecule has 1 aliphatic rings. The summed E-state index contributed by atoms with van der Waals surface area (Å²) >= 11 is 0. The Morgan fingerprint density at radius 3 is 2.55 bits per heavy atom. The third-order valence-corrected chi connectivity index (χ3v) is 4.37. The van der Waals surface area contributed by atoms with E-state index in [1.807, 2.05) is 6.07 Å². The molecule has 1 aliphatic heterocycles. The molecule has 0 saturated heterocycles. The quantitative estimate of drug-likeness (QED) is 0.515. The number of ether oxygens (including phenoxy) is 1. The lowest BCUT2D eigenvalue weighted by Crippen LogP contribution is -2.15. The van der Waals surface area contributed by atoms with Crippen LogP contribution in [-0.4, -0.2) is 16.7 Å². The van der Waals surface area contributed by atoms with E-state index in [9.17, 15) is 19.7 Å². The summed E-state index contributed by atoms with van der Waals surface area (Å²) in [6.45, 7) is 0. The molecule has 1 heterocycles. The van der Waals surface area contributed by atoms with Crippen LogP contribution < -0.4 is 15.4 Å². The Bertz CT molecular complexity index is 1130. The molecule has 3 aromatic rings. The topological polar surface area (TPSA) is 111 Å². The minimum Gasteiger partial charge on any atom is -0.454 e. The number of non-ortho nitro benzene ring substituents is 1. The van der Waals surface area contributed by atoms with Crippen molar-refractivity contribution in [2.45, 2.75) is 6.42 Å². The summed E-state index contributed by atoms with van der Waals surface area (Å²) < 4.78 is 5.81. The number of anilines is 2. The van der Waals surface area contributed by atoms with Crippen molar-refractivity contribution in [1.82, 2.24) is 0 Å². The van der Waals surface area contributed by atoms with Gasteiger partial charge < -0.3 is 15.4 Å². The predicted molar refractivity (Wildman–Crippen MR) is 106 cm³/mol. The van der Waals surface area contributed by atoms with Gasteiger partial charge in [-0.2, -0.15) is 0 Å². The van der Waals surface area contributed by atoms with Crippen LogP contribution in [0, 0.1) is 10.1 Å². The molecule has 0 atom stereocenters. The van der Waals surface area contributed by atoms with Crippen molar-refractivity contribution in [3.63, 3.8) is 0 Å². The number of carbonyl (C=O) groups is 2. The molecule has 2 N–H and O–H groups in total. The van der Waals surface area contributed by atoms with Crippen LogP contribution in [0.25, 0.3) is 0 Å². The van der Waals surface area contributed by atoms with Gasteiger partial charge in [-0.15, -0.1) is 0 Å². The Morgan fingerprint density at radius 1 is 1.03 bits per heavy atom. The maximum absolute atomic E-state index is 12.5. The molecule has 144 valence electrons. The average Bonchev–Trinajstić information content (AvgIpc) is 2.84. The normalized spacial score (nSPS) is 11.9. The number of benzene rings is 3. The molecule has 0 bridgehead atoms. The monoisotopic (exact) mass is 389 g/mol. The number of nitro benzene ring substituents is 1. The molecule has 29 heavy (non-hydrogen) atoms. The van der Waals surface area contributed by atoms with Crippen LogP contribution in [0.5, 0.6) is 11.5 Å². The van der Waals surface area contributed by atoms with Crippen molar-refractivity contribution >= 4 is 28.9 Å². The zero-order valence-electron chi connectivity index (χ0n) is 15.0. The third-order valence-electron chi connectivity index (χ3n) is 4.37. The molecular weight excluding hydrogens is 374 g/mol. The maximum Gasteiger partial charge on any atom is 0.269 e. The fourth-order valence-corrected chi connectivity index (χ4v) is 2.97. The van der Waals surface area contributed by atoms with Crippen molar-refractivity contribution in [3.05, 3.63) is 88.0 Å². The second-order valence-corrected chi connectivity index (χ2v) is 6.41. The van der Waals surface area contributed by atoms with Crippen LogP contribution in [0.3, 0.4) is 0 Å². The van der Waals surface area contributed by atoms with E-state index in [2.05, 4.69) is 10.6 Å². The Kier molecular flexibility index (Phi) is 4.66. The molecule has 0 radical (unpaired) electrons. The summed E-state index contributed by atoms with van der Waals surface area (Å²) in [5.41, 5.74) is 1.92. The number of para-hydroxylation sites is 2. The number of hydrogen-bond donors (Lipinski definition) is 2. The lowest BCUT2D eigenvalue weighted by molar-refractivity contribution is -0.384. The number of nitrogens with one attached hydrogen (secondary N) is 2. The van der Waals surface area contributed by atoms with Crippen molar-refractivity contribution in [3.8, 4) is 11.5 Å². The van der Waals surface area contributed by atoms with Gasteiger partial charge in [-0.05, 0) is 35.9 Å². The van der Waals surface area contributed by atoms with Gasteiger partial charge in [-0.3, -0.25) is 19.7 Å². The SMILES string of the molecule is O=C(Cc1ccc([N+](=O)[O-])cc1)Nc1ccc2c(c1)C(=O)Nc1ccccc1O2. The van der Waals surface area contributed by atoms with E-state index in [1.54, 1.807) is 36.4 Å². The first kappa shape index (κ1) is 18.2. The first-order valence-electron chi connectivity index (χ1n) is 8.75. The van der Waals surface area contributed by atoms with Crippen LogP contribution in [0.2, 0.25) is 0 Å². The average molecular weight is 389 g/mol. The van der Waals surface area contributed by atoms with Crippen molar-refractivity contribution < 1.29 is 19.2 Å². The molecule has 3 aromatic carbocycles. The summed E-state index contributed by atoms with van der Waals surface area (Å²) in [7, 11) is 0. The van der Waals surface area contributed by atoms with Gasteiger partial charge in [0.1, 0.15) is 5.75 Å². The summed E-state index contributed by atoms with van der Waals surface area (Å²) in [5, 5.41) is 16.2. The van der Waals surface area contributed by atoms with E-state index in [0.717, 1.165) is 0 Å². The second kappa shape index (κ2) is 7.43. The molecule has 0 fully saturated rings. The van der Waals surface area contributed by atoms with Gasteiger partial charge in [-0.25, -0.2) is 0 Å². The van der Waals surface area contributed by atoms with Gasteiger partial charge in [-0.1, -0.05) is 24.3 Å². The van der Waals surface area contributed by atoms with E-state index in [0.29, 0.717) is 34.0 Å². The van der Waals surface area contributed by atoms with Crippen molar-refractivity contribution in [2.24, 2.45) is 0 Å². The lowest BCUT2D eigenvalue weighted by Gasteiger charge is -2.10. The van der Waals surface area contributed by atoms with E-state index in [1.165, 1.54) is 24.3 Å². The van der Waals surface area contributed by atoms with Crippen LogP contribution in [0.4, 0.5) is 17.1 Å². The molecule has 0 spiro atoms. The Balaban J connectivity index is 1.49. The Morgan fingerprint density at radius 2 is 1.79 bits per heavy atom. The molecule has 0 saturated carbocycles. The van der Waals surface area contributed by atoms with Crippen LogP contribution in [-0.2, 0) is 11.2 Å². The van der Waals surface area contributed by atoms with Gasteiger partial charge >= 0.3 is 0 Å². The highest BCUT2D eigenvalue weighted by atomic mass is 16.6. The highest BCUT2D eigenvalue weighted by Crippen LogP contribution is 2.36. The number of nitro groups is 1. The highest BCUT2D eigenvalue weighted by molar-refractivity contribution is 6.09. The number of hydrogen-bond acceptors (Lipinski definition) is 5. The van der Waals surface area contributed by atoms with Crippen LogP contribution in [0.1, 0.15) is 15.9 Å². The number of rotatable bonds is 4. The lowest BCUT2D eigenvalue weighted by atomic mass is 10.1. The standard InChI is InChI=1S/C21H15N3O5/c25-20(11-13-5-8-15(9-6-13)24(27)28)22-14-7-10-18-16(12-14)21(26)23-17-3-1-2-4-19(17)29-18/h1-10,12H,11H2,(H,22,25)(H,23,26). The molecule has 2 amide bonds. The number of fused-ring (bicyclic) bond motifs is 2. The van der Waals surface area contributed by atoms with Crippen molar-refractivity contribution in [2.75, 3.05) is 10.6 Å². The second-order valence-electron chi connectivity index (χ2n) is 6.41. The molecule has 8 heteroatoms. The summed E-state index contributed by atoms with van der Waals surface area (Å²) in [6.07, 6.45) is 0.0449. The van der Waals surface area contributed by atoms with Gasteiger partial charge in [0.05, 0.1) is 22.6 Å². The van der Waals surface area contributed by atoms with Gasteiger partial charge in [0, 0.05) is 17.8 Å². The fraction of sp³-hybridized carbons (Fsp3) is 0.0476. The molecular formula is C21H15N3O5. The third kappa shape index (κ3) is 3.91. The van der Waals surface area contributed by atoms with Gasteiger partial charge in [0.15, 0.2) is 5.75 Å². The highest BCUT2D eigenvalue weighted by Gasteiger charge is 2.21. The molecule has 8 nitrogen and oxygen atoms in total. The van der Waals surface area contributed by atoms with Crippen LogP contribution in [0.15, 0.2) is 66.7 Å². The molecule has 0 aliphatic carbocycles. The molecule has 0 unspecified atom stereocenters. The number of nitrogens with zero attached hydrogens (tertiary/aromatic N) is 1. The summed E-state index contributed by atoms with van der Waals surface area (Å²) in [5.74, 6) is 0.281. The van der Waals surface area contributed by atoms with Crippen LogP contribution >= 0.6 is 0 Å². The summed E-state index contributed by atoms with van der Waals surface area (Å²) in [4.78, 5) is 35.0. The zero-order valence-corrected chi connectivity index (χ0v) is 15.0. The van der Waals surface area contributed by atoms with E-state index in [-0.39, 0.29) is 23.9 Å². The maximum atomic E-state index is 12.5. The van der Waals surface area contributed by atoms with E-state index < -0.39 is 4.92 Å². The number of amides is 2. The van der Waals surface area contributed by atoms with E-state index in [4.69, 9.17) is 4.74 Å². The fourth-order valence-electron chi connectivity index (χ4n) is 2.97. The van der Waals surface area contributed by atoms with Crippen molar-refractivity contribution in [1.29, 1.82) is 0 Å². The smallest absolute Gasteiger partial charge is 0.269 e. The molecule has 0 aromatic heterocycles. The summed E-state index contributed by atoms with van der Waals surface area (Å²) in [6, 6.07) is 17.7. The number of carbonyl (C=O) groups excluding carboxylic acids is 2. The van der Waals surface area contributed by atoms with Gasteiger partial charge in [0.25, 0.3) is 11.6 Å². The van der Waals surface area contributed by atoms with Gasteiger partial charge in [0.2, 0.25) is 5.91 Å². The minimum absolute atomic E-state index is 0.0353. The van der Waals surface area contributed by atoms with E-state index >= 15 is 0 Å². The zero-order chi connectivity index (χ0) is 20.4. The first-order chi connectivity index (χ1) is 14.0. The Hall–Kier alpha value is -4.20. The largest absolute Gasteiger partial charge is 0.454 e. The first-order valence-corrected chi connectivity index (χ1v) is 8.75. The predicted octanol–water partition coefficient (Wildman–Crippen LogP) is 4.13. The Labute approximate surface area is 165 Å². The molecule has 4 rings (SSSR count).